The molecule has 6 heteroatoms. The largest absolute Gasteiger partial charge is 0.469 e. The number of hydrogen-bond acceptors (Lipinski definition) is 5. The predicted octanol–water partition coefficient (Wildman–Crippen LogP) is 1.30. The maximum absolute atomic E-state index is 11.5. The van der Waals surface area contributed by atoms with Crippen LogP contribution < -0.4 is 5.32 Å². The van der Waals surface area contributed by atoms with E-state index in [0.29, 0.717) is 19.3 Å². The van der Waals surface area contributed by atoms with Crippen molar-refractivity contribution in [2.24, 2.45) is 0 Å². The van der Waals surface area contributed by atoms with E-state index in [9.17, 15) is 14.4 Å². The van der Waals surface area contributed by atoms with Crippen molar-refractivity contribution < 1.29 is 23.9 Å². The van der Waals surface area contributed by atoms with Crippen molar-refractivity contribution >= 4 is 17.8 Å². The van der Waals surface area contributed by atoms with Gasteiger partial charge in [0.2, 0.25) is 5.91 Å². The Morgan fingerprint density at radius 2 is 1.89 bits per heavy atom. The first-order valence-corrected chi connectivity index (χ1v) is 6.23. The zero-order valence-electron chi connectivity index (χ0n) is 11.7. The fourth-order valence-electron chi connectivity index (χ4n) is 1.35. The number of nitrogens with one attached hydrogen (secondary N) is 1. The lowest BCUT2D eigenvalue weighted by Crippen LogP contribution is -2.26. The van der Waals surface area contributed by atoms with Crippen molar-refractivity contribution in [1.29, 1.82) is 0 Å². The SMILES string of the molecule is CCOC(=O)/C(=C/CCCCC(=O)OC)NC(C)=O. The molecular weight excluding hydrogens is 250 g/mol. The van der Waals surface area contributed by atoms with E-state index >= 15 is 0 Å². The molecule has 0 aliphatic carbocycles. The highest BCUT2D eigenvalue weighted by Gasteiger charge is 2.11. The number of ether oxygens (including phenoxy) is 2. The Morgan fingerprint density at radius 1 is 1.21 bits per heavy atom. The van der Waals surface area contributed by atoms with Crippen molar-refractivity contribution in [2.75, 3.05) is 13.7 Å². The number of carbonyl (C=O) groups is 3. The standard InChI is InChI=1S/C13H21NO5/c1-4-19-13(17)11(14-10(2)15)8-6-5-7-9-12(16)18-3/h8H,4-7,9H2,1-3H3,(H,14,15)/b11-8-. The molecule has 0 unspecified atom stereocenters. The number of unbranched alkanes of at least 4 members (excludes halogenated alkanes) is 2. The molecule has 0 fully saturated rings. The molecule has 0 radical (unpaired) electrons. The van der Waals surface area contributed by atoms with Crippen molar-refractivity contribution in [3.05, 3.63) is 11.8 Å². The van der Waals surface area contributed by atoms with Crippen LogP contribution in [0, 0.1) is 0 Å². The first kappa shape index (κ1) is 17.2. The van der Waals surface area contributed by atoms with Gasteiger partial charge in [0.25, 0.3) is 0 Å². The third kappa shape index (κ3) is 8.82. The summed E-state index contributed by atoms with van der Waals surface area (Å²) in [5, 5.41) is 2.43. The van der Waals surface area contributed by atoms with E-state index in [-0.39, 0.29) is 24.2 Å². The molecule has 1 amide bonds. The van der Waals surface area contributed by atoms with Crippen LogP contribution in [0.1, 0.15) is 39.5 Å². The van der Waals surface area contributed by atoms with E-state index in [1.165, 1.54) is 14.0 Å². The molecule has 0 aliphatic rings. The van der Waals surface area contributed by atoms with E-state index < -0.39 is 5.97 Å². The topological polar surface area (TPSA) is 81.7 Å². The average Bonchev–Trinajstić information content (AvgIpc) is 2.36. The van der Waals surface area contributed by atoms with Crippen molar-refractivity contribution in [3.8, 4) is 0 Å². The van der Waals surface area contributed by atoms with Gasteiger partial charge in [0, 0.05) is 13.3 Å². The Morgan fingerprint density at radius 3 is 2.42 bits per heavy atom. The first-order chi connectivity index (χ1) is 9.01. The number of esters is 2. The first-order valence-electron chi connectivity index (χ1n) is 6.23. The zero-order chi connectivity index (χ0) is 14.7. The van der Waals surface area contributed by atoms with Crippen molar-refractivity contribution in [1.82, 2.24) is 5.32 Å². The van der Waals surface area contributed by atoms with Gasteiger partial charge in [-0.15, -0.1) is 0 Å². The van der Waals surface area contributed by atoms with E-state index in [4.69, 9.17) is 4.74 Å². The number of methoxy groups -OCH3 is 1. The molecule has 0 saturated heterocycles. The summed E-state index contributed by atoms with van der Waals surface area (Å²) in [5.41, 5.74) is 0.146. The highest BCUT2D eigenvalue weighted by molar-refractivity contribution is 5.93. The van der Waals surface area contributed by atoms with Gasteiger partial charge in [-0.1, -0.05) is 6.08 Å². The van der Waals surface area contributed by atoms with Crippen LogP contribution in [-0.4, -0.2) is 31.6 Å². The van der Waals surface area contributed by atoms with Crippen LogP contribution in [0.15, 0.2) is 11.8 Å². The second-order valence-corrected chi connectivity index (χ2v) is 3.84. The minimum Gasteiger partial charge on any atom is -0.469 e. The van der Waals surface area contributed by atoms with Crippen LogP contribution in [0.4, 0.5) is 0 Å². The molecule has 1 N–H and O–H groups in total. The molecule has 0 aromatic heterocycles. The predicted molar refractivity (Wildman–Crippen MR) is 69.0 cm³/mol. The summed E-state index contributed by atoms with van der Waals surface area (Å²) < 4.78 is 9.34. The van der Waals surface area contributed by atoms with Gasteiger partial charge >= 0.3 is 11.9 Å². The van der Waals surface area contributed by atoms with Gasteiger partial charge in [0.1, 0.15) is 5.70 Å². The summed E-state index contributed by atoms with van der Waals surface area (Å²) >= 11 is 0. The smallest absolute Gasteiger partial charge is 0.354 e. The maximum Gasteiger partial charge on any atom is 0.354 e. The van der Waals surface area contributed by atoms with Crippen molar-refractivity contribution in [2.45, 2.75) is 39.5 Å². The van der Waals surface area contributed by atoms with Gasteiger partial charge in [-0.2, -0.15) is 0 Å². The van der Waals surface area contributed by atoms with Crippen molar-refractivity contribution in [3.63, 3.8) is 0 Å². The fraction of sp³-hybridized carbons (Fsp3) is 0.615. The molecule has 0 aromatic rings. The van der Waals surface area contributed by atoms with E-state index in [2.05, 4.69) is 10.1 Å². The number of rotatable bonds is 8. The van der Waals surface area contributed by atoms with Gasteiger partial charge in [-0.05, 0) is 26.2 Å². The highest BCUT2D eigenvalue weighted by Crippen LogP contribution is 2.05. The molecule has 108 valence electrons. The monoisotopic (exact) mass is 271 g/mol. The number of hydrogen-bond donors (Lipinski definition) is 1. The molecule has 6 nitrogen and oxygen atoms in total. The van der Waals surface area contributed by atoms with Gasteiger partial charge in [0.15, 0.2) is 0 Å². The Balaban J connectivity index is 4.20. The summed E-state index contributed by atoms with van der Waals surface area (Å²) in [6.07, 6.45) is 3.91. The van der Waals surface area contributed by atoms with Crippen LogP contribution in [-0.2, 0) is 23.9 Å². The lowest BCUT2D eigenvalue weighted by atomic mass is 10.1. The van der Waals surface area contributed by atoms with E-state index in [1.54, 1.807) is 13.0 Å². The Labute approximate surface area is 113 Å². The fourth-order valence-corrected chi connectivity index (χ4v) is 1.35. The van der Waals surface area contributed by atoms with Crippen LogP contribution in [0.25, 0.3) is 0 Å². The van der Waals surface area contributed by atoms with E-state index in [0.717, 1.165) is 6.42 Å². The number of allylic oxidation sites excluding steroid dienone is 1. The number of carbonyl (C=O) groups excluding carboxylic acids is 3. The second kappa shape index (κ2) is 10.1. The third-order valence-corrected chi connectivity index (χ3v) is 2.22. The summed E-state index contributed by atoms with van der Waals surface area (Å²) in [5.74, 6) is -1.13. The molecule has 19 heavy (non-hydrogen) atoms. The summed E-state index contributed by atoms with van der Waals surface area (Å²) in [6.45, 7) is 3.27. The van der Waals surface area contributed by atoms with E-state index in [1.807, 2.05) is 0 Å². The van der Waals surface area contributed by atoms with Crippen LogP contribution in [0.3, 0.4) is 0 Å². The minimum atomic E-state index is -0.550. The maximum atomic E-state index is 11.5. The van der Waals surface area contributed by atoms with Gasteiger partial charge in [-0.25, -0.2) is 4.79 Å². The molecule has 0 rings (SSSR count). The Bertz CT molecular complexity index is 349. The quantitative estimate of drug-likeness (QED) is 0.409. The molecular formula is C13H21NO5. The van der Waals surface area contributed by atoms with Gasteiger partial charge in [-0.3, -0.25) is 9.59 Å². The van der Waals surface area contributed by atoms with Gasteiger partial charge < -0.3 is 14.8 Å². The molecule has 0 aliphatic heterocycles. The average molecular weight is 271 g/mol. The van der Waals surface area contributed by atoms with Crippen LogP contribution >= 0.6 is 0 Å². The molecule has 0 aromatic carbocycles. The third-order valence-electron chi connectivity index (χ3n) is 2.22. The van der Waals surface area contributed by atoms with Crippen LogP contribution in [0.5, 0.6) is 0 Å². The zero-order valence-corrected chi connectivity index (χ0v) is 11.7. The molecule has 0 spiro atoms. The summed E-state index contributed by atoms with van der Waals surface area (Å²) in [4.78, 5) is 33.4. The minimum absolute atomic E-state index is 0.146. The highest BCUT2D eigenvalue weighted by atomic mass is 16.5. The van der Waals surface area contributed by atoms with Gasteiger partial charge in [0.05, 0.1) is 13.7 Å². The number of amides is 1. The second-order valence-electron chi connectivity index (χ2n) is 3.84. The molecule has 0 atom stereocenters. The Kier molecular flexibility index (Phi) is 9.12. The molecule has 0 bridgehead atoms. The lowest BCUT2D eigenvalue weighted by molar-refractivity contribution is -0.141. The molecule has 0 heterocycles. The normalized spacial score (nSPS) is 10.8. The Hall–Kier alpha value is -1.85. The lowest BCUT2D eigenvalue weighted by Gasteiger charge is -2.07. The van der Waals surface area contributed by atoms with Crippen LogP contribution in [0.2, 0.25) is 0 Å². The summed E-state index contributed by atoms with van der Waals surface area (Å²) in [7, 11) is 1.35. The summed E-state index contributed by atoms with van der Waals surface area (Å²) in [6, 6.07) is 0. The molecule has 0 saturated carbocycles.